The Balaban J connectivity index is 1.30. The van der Waals surface area contributed by atoms with E-state index in [9.17, 15) is 9.59 Å². The second-order valence-corrected chi connectivity index (χ2v) is 8.06. The molecule has 1 aromatic heterocycles. The average molecular weight is 384 g/mol. The highest BCUT2D eigenvalue weighted by Crippen LogP contribution is 2.24. The van der Waals surface area contributed by atoms with Crippen LogP contribution < -0.4 is 5.32 Å². The monoisotopic (exact) mass is 384 g/mol. The van der Waals surface area contributed by atoms with E-state index in [4.69, 9.17) is 4.74 Å². The van der Waals surface area contributed by atoms with Gasteiger partial charge in [-0.15, -0.1) is 0 Å². The molecule has 3 atom stereocenters. The molecule has 7 nitrogen and oxygen atoms in total. The Kier molecular flexibility index (Phi) is 5.37. The van der Waals surface area contributed by atoms with E-state index in [1.807, 2.05) is 35.0 Å². The summed E-state index contributed by atoms with van der Waals surface area (Å²) in [6.07, 6.45) is 3.20. The lowest BCUT2D eigenvalue weighted by atomic mass is 10.1. The molecule has 2 aromatic rings. The lowest BCUT2D eigenvalue weighted by Gasteiger charge is -2.35. The van der Waals surface area contributed by atoms with Gasteiger partial charge in [0.2, 0.25) is 11.8 Å². The van der Waals surface area contributed by atoms with E-state index in [2.05, 4.69) is 16.3 Å². The maximum absolute atomic E-state index is 12.6. The number of amides is 2. The minimum atomic E-state index is -0.0631. The van der Waals surface area contributed by atoms with E-state index < -0.39 is 0 Å². The topological polar surface area (TPSA) is 66.8 Å². The van der Waals surface area contributed by atoms with Gasteiger partial charge in [-0.2, -0.15) is 0 Å². The summed E-state index contributed by atoms with van der Waals surface area (Å²) in [5.41, 5.74) is 1.07. The number of carbonyl (C=O) groups is 2. The lowest BCUT2D eigenvalue weighted by Crippen LogP contribution is -2.47. The number of ether oxygens (including phenoxy) is 1. The summed E-state index contributed by atoms with van der Waals surface area (Å²) in [6, 6.07) is 10.6. The summed E-state index contributed by atoms with van der Waals surface area (Å²) < 4.78 is 7.88. The highest BCUT2D eigenvalue weighted by atomic mass is 16.5. The fourth-order valence-corrected chi connectivity index (χ4v) is 4.25. The summed E-state index contributed by atoms with van der Waals surface area (Å²) in [7, 11) is 3.53. The van der Waals surface area contributed by atoms with Gasteiger partial charge in [-0.1, -0.05) is 18.2 Å². The largest absolute Gasteiger partial charge is 0.375 e. The van der Waals surface area contributed by atoms with Crippen LogP contribution in [0.15, 0.2) is 36.5 Å². The second-order valence-electron chi connectivity index (χ2n) is 8.06. The summed E-state index contributed by atoms with van der Waals surface area (Å²) >= 11 is 0. The summed E-state index contributed by atoms with van der Waals surface area (Å²) in [5, 5.41) is 4.32. The molecule has 0 radical (unpaired) electrons. The number of carbonyl (C=O) groups excluding carboxylic acids is 2. The van der Waals surface area contributed by atoms with Crippen molar-refractivity contribution in [1.82, 2.24) is 19.7 Å². The molecule has 3 heterocycles. The molecule has 1 aromatic carbocycles. The maximum Gasteiger partial charge on any atom is 0.240 e. The van der Waals surface area contributed by atoms with Crippen LogP contribution in [0.5, 0.6) is 0 Å². The first-order valence-electron chi connectivity index (χ1n) is 9.88. The molecule has 2 aliphatic heterocycles. The molecule has 150 valence electrons. The molecule has 0 unspecified atom stereocenters. The molecule has 2 fully saturated rings. The van der Waals surface area contributed by atoms with Gasteiger partial charge in [-0.3, -0.25) is 14.5 Å². The highest BCUT2D eigenvalue weighted by Gasteiger charge is 2.38. The Morgan fingerprint density at radius 1 is 1.21 bits per heavy atom. The van der Waals surface area contributed by atoms with Crippen molar-refractivity contribution < 1.29 is 14.3 Å². The van der Waals surface area contributed by atoms with Gasteiger partial charge >= 0.3 is 0 Å². The van der Waals surface area contributed by atoms with E-state index in [0.717, 1.165) is 30.4 Å². The van der Waals surface area contributed by atoms with Crippen molar-refractivity contribution in [2.45, 2.75) is 37.6 Å². The number of para-hydroxylation sites is 1. The molecule has 1 N–H and O–H groups in total. The number of hydrogen-bond donors (Lipinski definition) is 1. The van der Waals surface area contributed by atoms with Crippen molar-refractivity contribution in [3.05, 3.63) is 36.5 Å². The standard InChI is InChI=1S/C21H28N4O3/c1-23(2)21(27)10-18-12-25-11-16(9-17(25)14-28-18)22-20(26)13-24-8-7-15-5-3-4-6-19(15)24/h3-8,16-18H,9-14H2,1-2H3,(H,22,26)/t16-,17-,18-/m0/s1. The Morgan fingerprint density at radius 2 is 2.04 bits per heavy atom. The average Bonchev–Trinajstić information content (AvgIpc) is 3.25. The van der Waals surface area contributed by atoms with Gasteiger partial charge in [0.15, 0.2) is 0 Å². The summed E-state index contributed by atoms with van der Waals surface area (Å²) in [5.74, 6) is 0.123. The highest BCUT2D eigenvalue weighted by molar-refractivity contribution is 5.83. The molecule has 2 saturated heterocycles. The molecule has 0 saturated carbocycles. The zero-order valence-corrected chi connectivity index (χ0v) is 16.5. The Bertz CT molecular complexity index is 862. The molecule has 2 amide bonds. The SMILES string of the molecule is CN(C)C(=O)C[C@H]1CN2C[C@@H](NC(=O)Cn3ccc4ccccc43)C[C@H]2CO1. The Morgan fingerprint density at radius 3 is 2.86 bits per heavy atom. The van der Waals surface area contributed by atoms with Gasteiger partial charge in [0.1, 0.15) is 6.54 Å². The fraction of sp³-hybridized carbons (Fsp3) is 0.524. The molecule has 7 heteroatoms. The molecular weight excluding hydrogens is 356 g/mol. The Hall–Kier alpha value is -2.38. The first kappa shape index (κ1) is 19.0. The molecule has 28 heavy (non-hydrogen) atoms. The smallest absolute Gasteiger partial charge is 0.240 e. The van der Waals surface area contributed by atoms with Crippen molar-refractivity contribution >= 4 is 22.7 Å². The van der Waals surface area contributed by atoms with Gasteiger partial charge < -0.3 is 19.5 Å². The van der Waals surface area contributed by atoms with Gasteiger partial charge in [0.25, 0.3) is 0 Å². The van der Waals surface area contributed by atoms with Gasteiger partial charge in [0.05, 0.1) is 19.1 Å². The maximum atomic E-state index is 12.6. The van der Waals surface area contributed by atoms with Crippen LogP contribution in [0.25, 0.3) is 10.9 Å². The van der Waals surface area contributed by atoms with Crippen LogP contribution in [0.3, 0.4) is 0 Å². The van der Waals surface area contributed by atoms with Crippen LogP contribution in [-0.2, 0) is 20.9 Å². The molecule has 0 aliphatic carbocycles. The first-order chi connectivity index (χ1) is 13.5. The van der Waals surface area contributed by atoms with Crippen molar-refractivity contribution in [2.75, 3.05) is 33.8 Å². The van der Waals surface area contributed by atoms with Gasteiger partial charge in [0, 0.05) is 51.0 Å². The number of morpholine rings is 1. The number of fused-ring (bicyclic) bond motifs is 2. The zero-order chi connectivity index (χ0) is 19.7. The summed E-state index contributed by atoms with van der Waals surface area (Å²) in [4.78, 5) is 28.5. The lowest BCUT2D eigenvalue weighted by molar-refractivity contribution is -0.134. The number of nitrogens with zero attached hydrogens (tertiary/aromatic N) is 3. The van der Waals surface area contributed by atoms with E-state index in [1.165, 1.54) is 0 Å². The predicted octanol–water partition coefficient (Wildman–Crippen LogP) is 1.08. The van der Waals surface area contributed by atoms with E-state index in [0.29, 0.717) is 25.6 Å². The summed E-state index contributed by atoms with van der Waals surface area (Å²) in [6.45, 7) is 2.52. The van der Waals surface area contributed by atoms with Crippen LogP contribution in [0.2, 0.25) is 0 Å². The normalized spacial score (nSPS) is 24.9. The molecule has 4 rings (SSSR count). The van der Waals surface area contributed by atoms with Crippen LogP contribution >= 0.6 is 0 Å². The number of aromatic nitrogens is 1. The van der Waals surface area contributed by atoms with Crippen LogP contribution in [0.4, 0.5) is 0 Å². The van der Waals surface area contributed by atoms with Crippen molar-refractivity contribution in [2.24, 2.45) is 0 Å². The predicted molar refractivity (Wildman–Crippen MR) is 107 cm³/mol. The fourth-order valence-electron chi connectivity index (χ4n) is 4.25. The van der Waals surface area contributed by atoms with Crippen molar-refractivity contribution in [1.29, 1.82) is 0 Å². The second kappa shape index (κ2) is 7.93. The third-order valence-corrected chi connectivity index (χ3v) is 5.75. The van der Waals surface area contributed by atoms with E-state index in [-0.39, 0.29) is 24.0 Å². The van der Waals surface area contributed by atoms with Gasteiger partial charge in [-0.25, -0.2) is 0 Å². The van der Waals surface area contributed by atoms with Crippen molar-refractivity contribution in [3.8, 4) is 0 Å². The van der Waals surface area contributed by atoms with Crippen LogP contribution in [0.1, 0.15) is 12.8 Å². The minimum Gasteiger partial charge on any atom is -0.375 e. The van der Waals surface area contributed by atoms with E-state index >= 15 is 0 Å². The number of benzene rings is 1. The third kappa shape index (κ3) is 4.05. The zero-order valence-electron chi connectivity index (χ0n) is 16.5. The molecule has 0 spiro atoms. The van der Waals surface area contributed by atoms with Crippen molar-refractivity contribution in [3.63, 3.8) is 0 Å². The first-order valence-corrected chi connectivity index (χ1v) is 9.88. The Labute approximate surface area is 165 Å². The van der Waals surface area contributed by atoms with Crippen LogP contribution in [0, 0.1) is 0 Å². The number of rotatable bonds is 5. The molecule has 2 aliphatic rings. The van der Waals surface area contributed by atoms with E-state index in [1.54, 1.807) is 19.0 Å². The molecular formula is C21H28N4O3. The minimum absolute atomic E-state index is 0.0338. The van der Waals surface area contributed by atoms with Gasteiger partial charge in [-0.05, 0) is 23.9 Å². The quantitative estimate of drug-likeness (QED) is 0.838. The number of hydrogen-bond acceptors (Lipinski definition) is 4. The number of nitrogens with one attached hydrogen (secondary N) is 1. The molecule has 0 bridgehead atoms. The third-order valence-electron chi connectivity index (χ3n) is 5.75. The van der Waals surface area contributed by atoms with Crippen LogP contribution in [-0.4, -0.2) is 78.2 Å².